The highest BCUT2D eigenvalue weighted by molar-refractivity contribution is 9.10. The van der Waals surface area contributed by atoms with Crippen LogP contribution >= 0.6 is 15.9 Å². The molecule has 1 saturated carbocycles. The van der Waals surface area contributed by atoms with Gasteiger partial charge in [-0.05, 0) is 55.9 Å². The highest BCUT2D eigenvalue weighted by Gasteiger charge is 2.47. The molecular weight excluding hydrogens is 280 g/mol. The number of carboxylic acid groups (broad SMARTS) is 1. The predicted molar refractivity (Wildman–Crippen MR) is 71.5 cm³/mol. The molecule has 1 aromatic rings. The molecule has 0 saturated heterocycles. The summed E-state index contributed by atoms with van der Waals surface area (Å²) in [7, 11) is 0. The van der Waals surface area contributed by atoms with E-state index in [2.05, 4.69) is 42.8 Å². The van der Waals surface area contributed by atoms with Crippen molar-refractivity contribution in [3.63, 3.8) is 0 Å². The summed E-state index contributed by atoms with van der Waals surface area (Å²) >= 11 is 3.60. The highest BCUT2D eigenvalue weighted by Crippen LogP contribution is 2.54. The summed E-state index contributed by atoms with van der Waals surface area (Å²) in [6.07, 6.45) is 2.25. The van der Waals surface area contributed by atoms with Crippen LogP contribution < -0.4 is 0 Å². The van der Waals surface area contributed by atoms with Gasteiger partial charge in [-0.2, -0.15) is 0 Å². The van der Waals surface area contributed by atoms with E-state index in [4.69, 9.17) is 5.11 Å². The van der Waals surface area contributed by atoms with E-state index < -0.39 is 5.97 Å². The molecule has 0 radical (unpaired) electrons. The number of hydrogen-bond acceptors (Lipinski definition) is 1. The number of carbonyl (C=O) groups is 1. The van der Waals surface area contributed by atoms with Gasteiger partial charge in [0.05, 0.1) is 6.42 Å². The molecule has 0 unspecified atom stereocenters. The van der Waals surface area contributed by atoms with Gasteiger partial charge in [0.25, 0.3) is 0 Å². The number of hydrogen-bond donors (Lipinski definition) is 1. The summed E-state index contributed by atoms with van der Waals surface area (Å²) in [5.41, 5.74) is 4.80. The topological polar surface area (TPSA) is 37.3 Å². The molecule has 2 nitrogen and oxygen atoms in total. The summed E-state index contributed by atoms with van der Waals surface area (Å²) in [4.78, 5) is 11.0. The van der Waals surface area contributed by atoms with Gasteiger partial charge < -0.3 is 5.11 Å². The number of halogens is 1. The second-order valence-corrected chi connectivity index (χ2v) is 5.97. The molecule has 0 heterocycles. The first-order valence-corrected chi connectivity index (χ1v) is 6.65. The van der Waals surface area contributed by atoms with Crippen LogP contribution in [0, 0.1) is 20.8 Å². The molecule has 17 heavy (non-hydrogen) atoms. The van der Waals surface area contributed by atoms with Crippen molar-refractivity contribution in [2.24, 2.45) is 0 Å². The Morgan fingerprint density at radius 2 is 1.94 bits per heavy atom. The standard InChI is InChI=1S/C14H17BrO2/c1-8-6-9(2)13(15)10(3)12(8)14(4-5-14)7-11(16)17/h6H,4-5,7H2,1-3H3,(H,16,17). The molecule has 0 amide bonds. The Hall–Kier alpha value is -0.830. The highest BCUT2D eigenvalue weighted by atomic mass is 79.9. The molecule has 0 bridgehead atoms. The second kappa shape index (κ2) is 4.13. The Morgan fingerprint density at radius 1 is 1.35 bits per heavy atom. The summed E-state index contributed by atoms with van der Waals surface area (Å²) in [5, 5.41) is 9.04. The van der Waals surface area contributed by atoms with Gasteiger partial charge in [-0.3, -0.25) is 4.79 Å². The molecule has 2 rings (SSSR count). The Morgan fingerprint density at radius 3 is 2.41 bits per heavy atom. The fourth-order valence-electron chi connectivity index (χ4n) is 2.93. The van der Waals surface area contributed by atoms with E-state index >= 15 is 0 Å². The molecule has 0 aliphatic heterocycles. The van der Waals surface area contributed by atoms with Gasteiger partial charge in [0, 0.05) is 9.89 Å². The lowest BCUT2D eigenvalue weighted by molar-refractivity contribution is -0.137. The molecule has 1 fully saturated rings. The summed E-state index contributed by atoms with van der Waals surface area (Å²) in [6, 6.07) is 2.15. The van der Waals surface area contributed by atoms with Gasteiger partial charge in [-0.25, -0.2) is 0 Å². The maximum absolute atomic E-state index is 11.0. The quantitative estimate of drug-likeness (QED) is 0.919. The number of aliphatic carboxylic acids is 1. The largest absolute Gasteiger partial charge is 0.481 e. The monoisotopic (exact) mass is 296 g/mol. The van der Waals surface area contributed by atoms with Crippen molar-refractivity contribution < 1.29 is 9.90 Å². The minimum Gasteiger partial charge on any atom is -0.481 e. The SMILES string of the molecule is Cc1cc(C)c(C2(CC(=O)O)CC2)c(C)c1Br. The van der Waals surface area contributed by atoms with Gasteiger partial charge >= 0.3 is 5.97 Å². The average molecular weight is 297 g/mol. The zero-order valence-electron chi connectivity index (χ0n) is 10.4. The van der Waals surface area contributed by atoms with Crippen LogP contribution in [0.2, 0.25) is 0 Å². The first-order valence-electron chi connectivity index (χ1n) is 5.86. The van der Waals surface area contributed by atoms with Crippen molar-refractivity contribution in [3.05, 3.63) is 32.8 Å². The van der Waals surface area contributed by atoms with Gasteiger partial charge in [-0.15, -0.1) is 0 Å². The van der Waals surface area contributed by atoms with Crippen molar-refractivity contribution in [2.45, 2.75) is 45.4 Å². The van der Waals surface area contributed by atoms with Crippen LogP contribution in [0.1, 0.15) is 41.5 Å². The fraction of sp³-hybridized carbons (Fsp3) is 0.500. The molecule has 1 N–H and O–H groups in total. The first-order chi connectivity index (χ1) is 7.87. The summed E-state index contributed by atoms with van der Waals surface area (Å²) in [6.45, 7) is 6.25. The lowest BCUT2D eigenvalue weighted by Gasteiger charge is -2.21. The number of carboxylic acids is 1. The molecule has 3 heteroatoms. The molecule has 0 atom stereocenters. The molecule has 92 valence electrons. The zero-order valence-corrected chi connectivity index (χ0v) is 12.0. The summed E-state index contributed by atoms with van der Waals surface area (Å²) < 4.78 is 1.12. The van der Waals surface area contributed by atoms with Gasteiger partial charge in [-0.1, -0.05) is 22.0 Å². The number of rotatable bonds is 3. The second-order valence-electron chi connectivity index (χ2n) is 5.18. The lowest BCUT2D eigenvalue weighted by Crippen LogP contribution is -2.16. The van der Waals surface area contributed by atoms with Crippen molar-refractivity contribution in [3.8, 4) is 0 Å². The lowest BCUT2D eigenvalue weighted by atomic mass is 9.85. The maximum Gasteiger partial charge on any atom is 0.304 e. The Balaban J connectivity index is 2.53. The van der Waals surface area contributed by atoms with Gasteiger partial charge in [0.2, 0.25) is 0 Å². The molecule has 1 aromatic carbocycles. The Bertz CT molecular complexity index is 487. The van der Waals surface area contributed by atoms with E-state index in [9.17, 15) is 4.79 Å². The van der Waals surface area contributed by atoms with Crippen LogP contribution in [-0.4, -0.2) is 11.1 Å². The third-order valence-electron chi connectivity index (χ3n) is 3.75. The zero-order chi connectivity index (χ0) is 12.8. The third kappa shape index (κ3) is 2.13. The molecular formula is C14H17BrO2. The number of aryl methyl sites for hydroxylation is 2. The van der Waals surface area contributed by atoms with E-state index in [-0.39, 0.29) is 11.8 Å². The van der Waals surface area contributed by atoms with E-state index in [1.807, 2.05) is 0 Å². The van der Waals surface area contributed by atoms with Crippen LogP contribution in [0.15, 0.2) is 10.5 Å². The average Bonchev–Trinajstić information content (AvgIpc) is 2.94. The number of benzene rings is 1. The predicted octanol–water partition coefficient (Wildman–Crippen LogP) is 3.88. The van der Waals surface area contributed by atoms with E-state index in [1.54, 1.807) is 0 Å². The minimum absolute atomic E-state index is 0.101. The van der Waals surface area contributed by atoms with Crippen LogP contribution in [0.5, 0.6) is 0 Å². The maximum atomic E-state index is 11.0. The fourth-order valence-corrected chi connectivity index (χ4v) is 3.25. The Kier molecular flexibility index (Phi) is 3.06. The van der Waals surface area contributed by atoms with Gasteiger partial charge in [0.1, 0.15) is 0 Å². The van der Waals surface area contributed by atoms with Gasteiger partial charge in [0.15, 0.2) is 0 Å². The van der Waals surface area contributed by atoms with Crippen molar-refractivity contribution in [1.82, 2.24) is 0 Å². The third-order valence-corrected chi connectivity index (χ3v) is 4.97. The van der Waals surface area contributed by atoms with E-state index in [0.717, 1.165) is 17.3 Å². The van der Waals surface area contributed by atoms with Crippen molar-refractivity contribution in [1.29, 1.82) is 0 Å². The smallest absolute Gasteiger partial charge is 0.304 e. The summed E-state index contributed by atoms with van der Waals surface area (Å²) in [5.74, 6) is -0.696. The minimum atomic E-state index is -0.696. The molecule has 0 spiro atoms. The molecule has 0 aromatic heterocycles. The van der Waals surface area contributed by atoms with Crippen molar-refractivity contribution >= 4 is 21.9 Å². The molecule has 1 aliphatic carbocycles. The van der Waals surface area contributed by atoms with E-state index in [1.165, 1.54) is 22.3 Å². The molecule has 1 aliphatic rings. The Labute approximate surface area is 110 Å². The van der Waals surface area contributed by atoms with Crippen LogP contribution in [0.3, 0.4) is 0 Å². The normalized spacial score (nSPS) is 16.9. The van der Waals surface area contributed by atoms with E-state index in [0.29, 0.717) is 0 Å². The van der Waals surface area contributed by atoms with Crippen molar-refractivity contribution in [2.75, 3.05) is 0 Å². The van der Waals surface area contributed by atoms with Crippen LogP contribution in [0.25, 0.3) is 0 Å². The van der Waals surface area contributed by atoms with Crippen LogP contribution in [-0.2, 0) is 10.2 Å². The van der Waals surface area contributed by atoms with Crippen LogP contribution in [0.4, 0.5) is 0 Å². The first kappa shape index (κ1) is 12.6.